The Bertz CT molecular complexity index is 1040. The molecule has 0 saturated carbocycles. The van der Waals surface area contributed by atoms with Crippen LogP contribution in [-0.2, 0) is 26.2 Å². The van der Waals surface area contributed by atoms with Crippen LogP contribution < -0.4 is 14.4 Å². The number of halogens is 1. The van der Waals surface area contributed by atoms with Crippen molar-refractivity contribution in [1.82, 2.24) is 10.2 Å². The van der Waals surface area contributed by atoms with Crippen LogP contribution in [0, 0.1) is 5.82 Å². The maximum Gasteiger partial charge on any atom is 0.244 e. The van der Waals surface area contributed by atoms with E-state index in [1.807, 2.05) is 0 Å². The van der Waals surface area contributed by atoms with Crippen LogP contribution in [0.4, 0.5) is 10.1 Å². The fraction of sp³-hybridized carbons (Fsp3) is 0.364. The van der Waals surface area contributed by atoms with Gasteiger partial charge in [0.15, 0.2) is 0 Å². The highest BCUT2D eigenvalue weighted by Crippen LogP contribution is 2.20. The van der Waals surface area contributed by atoms with Crippen LogP contribution in [0.15, 0.2) is 48.5 Å². The number of sulfonamides is 1. The van der Waals surface area contributed by atoms with Crippen molar-refractivity contribution in [2.75, 3.05) is 30.8 Å². The van der Waals surface area contributed by atoms with Crippen molar-refractivity contribution in [1.29, 1.82) is 0 Å². The lowest BCUT2D eigenvalue weighted by Crippen LogP contribution is -2.51. The van der Waals surface area contributed by atoms with E-state index in [1.165, 1.54) is 30.2 Å². The molecule has 32 heavy (non-hydrogen) atoms. The molecule has 2 amide bonds. The number of ether oxygens (including phenoxy) is 1. The van der Waals surface area contributed by atoms with E-state index in [1.54, 1.807) is 38.1 Å². The number of carbonyl (C=O) groups is 2. The van der Waals surface area contributed by atoms with Gasteiger partial charge in [0.2, 0.25) is 21.8 Å². The zero-order chi connectivity index (χ0) is 23.9. The van der Waals surface area contributed by atoms with Crippen molar-refractivity contribution in [2.45, 2.75) is 26.4 Å². The minimum absolute atomic E-state index is 0.0240. The van der Waals surface area contributed by atoms with Gasteiger partial charge in [0.1, 0.15) is 24.2 Å². The Hall–Kier alpha value is -3.14. The molecule has 0 fully saturated rings. The second-order valence-corrected chi connectivity index (χ2v) is 9.10. The number of nitrogens with one attached hydrogen (secondary N) is 1. The minimum Gasteiger partial charge on any atom is -0.497 e. The minimum atomic E-state index is -3.90. The van der Waals surface area contributed by atoms with Crippen LogP contribution >= 0.6 is 0 Å². The third kappa shape index (κ3) is 6.68. The summed E-state index contributed by atoms with van der Waals surface area (Å²) < 4.78 is 44.4. The summed E-state index contributed by atoms with van der Waals surface area (Å²) >= 11 is 0. The first-order valence-electron chi connectivity index (χ1n) is 10.00. The Labute approximate surface area is 188 Å². The van der Waals surface area contributed by atoms with E-state index in [9.17, 15) is 22.4 Å². The molecule has 0 spiro atoms. The fourth-order valence-electron chi connectivity index (χ4n) is 3.08. The molecule has 2 aromatic carbocycles. The molecule has 0 aliphatic rings. The van der Waals surface area contributed by atoms with Crippen molar-refractivity contribution in [3.8, 4) is 5.75 Å². The standard InChI is InChI=1S/C22H28FN3O5S/c1-5-24-22(28)16(2)25(14-17-9-11-20(31-3)12-10-17)21(27)15-26(32(4,29)30)19-8-6-7-18(23)13-19/h6-13,16H,5,14-15H2,1-4H3,(H,24,28)/t16-/m0/s1. The molecule has 1 N–H and O–H groups in total. The molecule has 1 atom stereocenters. The molecule has 174 valence electrons. The second-order valence-electron chi connectivity index (χ2n) is 7.19. The number of amides is 2. The van der Waals surface area contributed by atoms with Crippen LogP contribution in [0.1, 0.15) is 19.4 Å². The number of likely N-dealkylation sites (N-methyl/N-ethyl adjacent to an activating group) is 1. The van der Waals surface area contributed by atoms with Crippen LogP contribution in [0.5, 0.6) is 5.75 Å². The zero-order valence-electron chi connectivity index (χ0n) is 18.5. The van der Waals surface area contributed by atoms with Gasteiger partial charge in [-0.25, -0.2) is 12.8 Å². The lowest BCUT2D eigenvalue weighted by atomic mass is 10.1. The van der Waals surface area contributed by atoms with Crippen LogP contribution in [0.3, 0.4) is 0 Å². The van der Waals surface area contributed by atoms with E-state index in [2.05, 4.69) is 5.32 Å². The van der Waals surface area contributed by atoms with Gasteiger partial charge in [0.25, 0.3) is 0 Å². The lowest BCUT2D eigenvalue weighted by Gasteiger charge is -2.31. The highest BCUT2D eigenvalue weighted by molar-refractivity contribution is 7.92. The zero-order valence-corrected chi connectivity index (χ0v) is 19.4. The summed E-state index contributed by atoms with van der Waals surface area (Å²) in [5.74, 6) is -0.965. The SMILES string of the molecule is CCNC(=O)[C@H](C)N(Cc1ccc(OC)cc1)C(=O)CN(c1cccc(F)c1)S(C)(=O)=O. The molecule has 0 aromatic heterocycles. The van der Waals surface area contributed by atoms with E-state index >= 15 is 0 Å². The van der Waals surface area contributed by atoms with Crippen molar-refractivity contribution >= 4 is 27.5 Å². The summed E-state index contributed by atoms with van der Waals surface area (Å²) in [6.07, 6.45) is 0.937. The molecule has 0 unspecified atom stereocenters. The topological polar surface area (TPSA) is 96.0 Å². The van der Waals surface area contributed by atoms with E-state index in [0.717, 1.165) is 22.2 Å². The number of benzene rings is 2. The van der Waals surface area contributed by atoms with Gasteiger partial charge < -0.3 is 15.0 Å². The molecular weight excluding hydrogens is 437 g/mol. The summed E-state index contributed by atoms with van der Waals surface area (Å²) in [6.45, 7) is 3.20. The molecule has 2 rings (SSSR count). The first-order chi connectivity index (χ1) is 15.1. The number of hydrogen-bond acceptors (Lipinski definition) is 5. The summed E-state index contributed by atoms with van der Waals surface area (Å²) in [4.78, 5) is 27.0. The molecule has 0 saturated heterocycles. The average Bonchev–Trinajstić information content (AvgIpc) is 2.75. The Kier molecular flexibility index (Phi) is 8.59. The number of rotatable bonds is 10. The van der Waals surface area contributed by atoms with Gasteiger partial charge in [-0.2, -0.15) is 0 Å². The highest BCUT2D eigenvalue weighted by Gasteiger charge is 2.30. The Morgan fingerprint density at radius 3 is 2.34 bits per heavy atom. The summed E-state index contributed by atoms with van der Waals surface area (Å²) in [6, 6.07) is 11.1. The number of anilines is 1. The van der Waals surface area contributed by atoms with Gasteiger partial charge >= 0.3 is 0 Å². The van der Waals surface area contributed by atoms with Crippen LogP contribution in [0.25, 0.3) is 0 Å². The molecule has 2 aromatic rings. The third-order valence-corrected chi connectivity index (χ3v) is 5.95. The first-order valence-corrected chi connectivity index (χ1v) is 11.8. The largest absolute Gasteiger partial charge is 0.497 e. The quantitative estimate of drug-likeness (QED) is 0.580. The van der Waals surface area contributed by atoms with Crippen LogP contribution in [0.2, 0.25) is 0 Å². The van der Waals surface area contributed by atoms with Gasteiger partial charge in [-0.15, -0.1) is 0 Å². The van der Waals surface area contributed by atoms with Gasteiger partial charge in [-0.3, -0.25) is 13.9 Å². The molecular formula is C22H28FN3O5S. The molecule has 0 heterocycles. The van der Waals surface area contributed by atoms with Gasteiger partial charge in [-0.05, 0) is 49.7 Å². The normalized spacial score (nSPS) is 12.0. The van der Waals surface area contributed by atoms with Crippen LogP contribution in [-0.4, -0.2) is 57.6 Å². The molecule has 10 heteroatoms. The summed E-state index contributed by atoms with van der Waals surface area (Å²) in [7, 11) is -2.36. The number of nitrogens with zero attached hydrogens (tertiary/aromatic N) is 2. The maximum atomic E-state index is 13.7. The van der Waals surface area contributed by atoms with E-state index in [-0.39, 0.29) is 18.1 Å². The lowest BCUT2D eigenvalue weighted by molar-refractivity contribution is -0.139. The summed E-state index contributed by atoms with van der Waals surface area (Å²) in [5.41, 5.74) is 0.753. The van der Waals surface area contributed by atoms with Crippen molar-refractivity contribution < 1.29 is 27.1 Å². The molecule has 0 aliphatic heterocycles. The Morgan fingerprint density at radius 1 is 1.16 bits per heavy atom. The predicted octanol–water partition coefficient (Wildman–Crippen LogP) is 2.15. The maximum absolute atomic E-state index is 13.7. The van der Waals surface area contributed by atoms with Gasteiger partial charge in [0, 0.05) is 13.1 Å². The number of methoxy groups -OCH3 is 1. The molecule has 8 nitrogen and oxygen atoms in total. The fourth-order valence-corrected chi connectivity index (χ4v) is 3.92. The smallest absolute Gasteiger partial charge is 0.244 e. The number of hydrogen-bond donors (Lipinski definition) is 1. The molecule has 0 bridgehead atoms. The summed E-state index contributed by atoms with van der Waals surface area (Å²) in [5, 5.41) is 2.67. The van der Waals surface area contributed by atoms with Gasteiger partial charge in [-0.1, -0.05) is 18.2 Å². The Morgan fingerprint density at radius 2 is 1.81 bits per heavy atom. The Balaban J connectivity index is 2.36. The molecule has 0 radical (unpaired) electrons. The average molecular weight is 466 g/mol. The van der Waals surface area contributed by atoms with E-state index < -0.39 is 34.3 Å². The van der Waals surface area contributed by atoms with Crippen molar-refractivity contribution in [3.05, 3.63) is 59.9 Å². The van der Waals surface area contributed by atoms with Gasteiger partial charge in [0.05, 0.1) is 19.1 Å². The van der Waals surface area contributed by atoms with E-state index in [4.69, 9.17) is 4.74 Å². The van der Waals surface area contributed by atoms with E-state index in [0.29, 0.717) is 12.3 Å². The molecule has 0 aliphatic carbocycles. The third-order valence-electron chi connectivity index (χ3n) is 4.81. The van der Waals surface area contributed by atoms with Crippen molar-refractivity contribution in [2.24, 2.45) is 0 Å². The highest BCUT2D eigenvalue weighted by atomic mass is 32.2. The van der Waals surface area contributed by atoms with Crippen molar-refractivity contribution in [3.63, 3.8) is 0 Å². The monoisotopic (exact) mass is 465 g/mol. The number of carbonyl (C=O) groups excluding carboxylic acids is 2. The predicted molar refractivity (Wildman–Crippen MR) is 120 cm³/mol. The second kappa shape index (κ2) is 10.9. The first kappa shape index (κ1) is 25.1.